The van der Waals surface area contributed by atoms with Crippen LogP contribution in [0.4, 0.5) is 14.9 Å². The molecular formula is C25H24FN5O6. The molecule has 0 atom stereocenters. The smallest absolute Gasteiger partial charge is 0.325 e. The van der Waals surface area contributed by atoms with Crippen molar-refractivity contribution in [1.29, 1.82) is 5.41 Å². The predicted octanol–water partition coefficient (Wildman–Crippen LogP) is 3.19. The van der Waals surface area contributed by atoms with Gasteiger partial charge in [0.25, 0.3) is 11.8 Å². The summed E-state index contributed by atoms with van der Waals surface area (Å²) in [5.41, 5.74) is -0.590. The lowest BCUT2D eigenvalue weighted by Crippen LogP contribution is -2.48. The molecule has 0 aliphatic carbocycles. The number of halogens is 1. The number of methoxy groups -OCH3 is 2. The Balaban J connectivity index is 0.00000507. The zero-order valence-electron chi connectivity index (χ0n) is 20.0. The number of rotatable bonds is 8. The quantitative estimate of drug-likeness (QED) is 0.240. The number of nitrogens with one attached hydrogen (secondary N) is 3. The zero-order chi connectivity index (χ0) is 27.1. The lowest BCUT2D eigenvalue weighted by Gasteiger charge is -2.17. The van der Waals surface area contributed by atoms with Gasteiger partial charge in [0.1, 0.15) is 5.75 Å². The number of benzene rings is 2. The summed E-state index contributed by atoms with van der Waals surface area (Å²) < 4.78 is 31.2. The van der Waals surface area contributed by atoms with E-state index in [1.54, 1.807) is 18.2 Å². The monoisotopic (exact) mass is 509 g/mol. The van der Waals surface area contributed by atoms with E-state index in [4.69, 9.17) is 26.0 Å². The Hall–Kier alpha value is -5.18. The van der Waals surface area contributed by atoms with Crippen molar-refractivity contribution in [3.05, 3.63) is 48.4 Å². The van der Waals surface area contributed by atoms with Crippen molar-refractivity contribution in [2.45, 2.75) is 0 Å². The molecule has 37 heavy (non-hydrogen) atoms. The molecule has 0 fully saturated rings. The van der Waals surface area contributed by atoms with Crippen LogP contribution in [0.1, 0.15) is 1.43 Å². The van der Waals surface area contributed by atoms with Crippen LogP contribution in [0, 0.1) is 23.6 Å². The molecule has 11 nitrogen and oxygen atoms in total. The third kappa shape index (κ3) is 5.73. The Labute approximate surface area is 212 Å². The van der Waals surface area contributed by atoms with Crippen LogP contribution in [0.3, 0.4) is 0 Å². The number of pyridine rings is 1. The Kier molecular flexibility index (Phi) is 8.21. The van der Waals surface area contributed by atoms with E-state index in [0.717, 1.165) is 6.07 Å². The highest BCUT2D eigenvalue weighted by atomic mass is 19.1. The minimum atomic E-state index is -1.22. The van der Waals surface area contributed by atoms with Gasteiger partial charge in [-0.2, -0.15) is 0 Å². The Morgan fingerprint density at radius 2 is 1.81 bits per heavy atom. The average Bonchev–Trinajstić information content (AvgIpc) is 2.91. The fourth-order valence-electron chi connectivity index (χ4n) is 3.20. The first-order chi connectivity index (χ1) is 17.7. The number of urea groups is 1. The molecule has 0 bridgehead atoms. The number of carbonyl (C=O) groups is 3. The van der Waals surface area contributed by atoms with Crippen molar-refractivity contribution in [1.82, 2.24) is 15.2 Å². The number of hydrogen-bond acceptors (Lipinski definition) is 8. The Morgan fingerprint density at radius 1 is 1.11 bits per heavy atom. The van der Waals surface area contributed by atoms with Gasteiger partial charge in [0.15, 0.2) is 28.8 Å². The highest BCUT2D eigenvalue weighted by molar-refractivity contribution is 6.66. The predicted molar refractivity (Wildman–Crippen MR) is 135 cm³/mol. The Bertz CT molecular complexity index is 1440. The molecule has 3 aromatic rings. The summed E-state index contributed by atoms with van der Waals surface area (Å²) in [5, 5.41) is 12.8. The van der Waals surface area contributed by atoms with Crippen molar-refractivity contribution < 1.29 is 34.4 Å². The minimum Gasteiger partial charge on any atom is -0.493 e. The van der Waals surface area contributed by atoms with E-state index in [9.17, 15) is 18.8 Å². The van der Waals surface area contributed by atoms with Crippen molar-refractivity contribution in [3.8, 4) is 35.3 Å². The highest BCUT2D eigenvalue weighted by Gasteiger charge is 2.28. The van der Waals surface area contributed by atoms with Crippen molar-refractivity contribution in [2.24, 2.45) is 0 Å². The van der Waals surface area contributed by atoms with E-state index in [2.05, 4.69) is 21.5 Å². The number of anilines is 1. The van der Waals surface area contributed by atoms with Gasteiger partial charge in [-0.25, -0.2) is 14.1 Å². The third-order valence-corrected chi connectivity index (χ3v) is 5.01. The molecule has 0 radical (unpaired) electrons. The topological polar surface area (TPSA) is 143 Å². The molecule has 0 spiro atoms. The second-order valence-corrected chi connectivity index (χ2v) is 7.26. The largest absolute Gasteiger partial charge is 0.493 e. The molecule has 1 heterocycles. The van der Waals surface area contributed by atoms with Crippen LogP contribution in [0.5, 0.6) is 23.0 Å². The van der Waals surface area contributed by atoms with E-state index in [0.29, 0.717) is 27.3 Å². The number of imide groups is 1. The number of hydrogen-bond donors (Lipinski definition) is 3. The first-order valence-electron chi connectivity index (χ1n) is 10.6. The van der Waals surface area contributed by atoms with Crippen LogP contribution in [-0.4, -0.2) is 61.3 Å². The van der Waals surface area contributed by atoms with E-state index in [1.165, 1.54) is 39.6 Å². The fraction of sp³-hybridized carbons (Fsp3) is 0.160. The average molecular weight is 509 g/mol. The summed E-state index contributed by atoms with van der Waals surface area (Å²) in [6, 6.07) is 7.50. The van der Waals surface area contributed by atoms with Crippen LogP contribution in [0.2, 0.25) is 0 Å². The second kappa shape index (κ2) is 11.5. The third-order valence-electron chi connectivity index (χ3n) is 5.01. The molecule has 3 N–H and O–H groups in total. The molecule has 3 rings (SSSR count). The molecule has 1 aromatic heterocycles. The van der Waals surface area contributed by atoms with E-state index < -0.39 is 35.9 Å². The normalized spacial score (nSPS) is 10.1. The molecule has 0 aliphatic heterocycles. The van der Waals surface area contributed by atoms with Crippen LogP contribution in [0.25, 0.3) is 10.9 Å². The number of fused-ring (bicyclic) bond motifs is 1. The van der Waals surface area contributed by atoms with Gasteiger partial charge in [-0.15, -0.1) is 6.42 Å². The van der Waals surface area contributed by atoms with Gasteiger partial charge < -0.3 is 24.8 Å². The molecule has 12 heteroatoms. The van der Waals surface area contributed by atoms with Gasteiger partial charge in [0.05, 0.1) is 26.3 Å². The number of carbonyl (C=O) groups excluding carboxylic acids is 3. The molecule has 0 unspecified atom stereocenters. The lowest BCUT2D eigenvalue weighted by atomic mass is 10.1. The molecule has 0 aliphatic rings. The number of terminal acetylenes is 1. The minimum absolute atomic E-state index is 0. The Morgan fingerprint density at radius 3 is 2.43 bits per heavy atom. The summed E-state index contributed by atoms with van der Waals surface area (Å²) in [5.74, 6) is -0.0869. The van der Waals surface area contributed by atoms with Gasteiger partial charge in [0, 0.05) is 37.9 Å². The SMILES string of the molecule is C#CCN(C(=O)NC)C(=O)C(=N)C(=O)Nc1ccc(Oc2ccnc3cc(OC)c(OC)cc23)c(F)c1.[HH]. The van der Waals surface area contributed by atoms with E-state index in [1.807, 2.05) is 0 Å². The summed E-state index contributed by atoms with van der Waals surface area (Å²) in [6.45, 7) is -0.447. The van der Waals surface area contributed by atoms with Crippen molar-refractivity contribution in [3.63, 3.8) is 0 Å². The number of amides is 4. The zero-order valence-corrected chi connectivity index (χ0v) is 20.0. The highest BCUT2D eigenvalue weighted by Crippen LogP contribution is 2.37. The van der Waals surface area contributed by atoms with Crippen LogP contribution < -0.4 is 24.8 Å². The molecular weight excluding hydrogens is 485 g/mol. The van der Waals surface area contributed by atoms with Crippen molar-refractivity contribution >= 4 is 40.1 Å². The lowest BCUT2D eigenvalue weighted by molar-refractivity contribution is -0.122. The maximum atomic E-state index is 14.8. The van der Waals surface area contributed by atoms with Crippen molar-refractivity contribution in [2.75, 3.05) is 33.1 Å². The van der Waals surface area contributed by atoms with E-state index >= 15 is 0 Å². The fourth-order valence-corrected chi connectivity index (χ4v) is 3.20. The second-order valence-electron chi connectivity index (χ2n) is 7.26. The summed E-state index contributed by atoms with van der Waals surface area (Å²) >= 11 is 0. The van der Waals surface area contributed by atoms with Gasteiger partial charge in [0.2, 0.25) is 0 Å². The molecule has 2 aromatic carbocycles. The molecule has 192 valence electrons. The number of aromatic nitrogens is 1. The first kappa shape index (κ1) is 26.4. The van der Waals surface area contributed by atoms with Gasteiger partial charge in [-0.1, -0.05) is 5.92 Å². The summed E-state index contributed by atoms with van der Waals surface area (Å²) in [4.78, 5) is 41.3. The first-order valence-corrected chi connectivity index (χ1v) is 10.6. The molecule has 4 amide bonds. The van der Waals surface area contributed by atoms with Gasteiger partial charge >= 0.3 is 6.03 Å². The maximum absolute atomic E-state index is 14.8. The number of nitrogens with zero attached hydrogens (tertiary/aromatic N) is 2. The molecule has 0 saturated heterocycles. The van der Waals surface area contributed by atoms with Crippen LogP contribution >= 0.6 is 0 Å². The molecule has 0 saturated carbocycles. The summed E-state index contributed by atoms with van der Waals surface area (Å²) in [7, 11) is 4.23. The van der Waals surface area contributed by atoms with Crippen LogP contribution in [-0.2, 0) is 9.59 Å². The van der Waals surface area contributed by atoms with E-state index in [-0.39, 0.29) is 18.6 Å². The van der Waals surface area contributed by atoms with Crippen LogP contribution in [0.15, 0.2) is 42.6 Å². The maximum Gasteiger partial charge on any atom is 0.325 e. The summed E-state index contributed by atoms with van der Waals surface area (Å²) in [6.07, 6.45) is 6.63. The van der Waals surface area contributed by atoms with Gasteiger partial charge in [-0.3, -0.25) is 20.0 Å². The number of ether oxygens (including phenoxy) is 3. The standard InChI is InChI=1S/C25H22FN5O6.H2/c1-5-10-31(25(34)28-2)24(33)22(27)23(32)30-14-6-7-19(16(26)11-14)37-18-8-9-29-17-13-21(36-4)20(35-3)12-15(17)18;/h1,6-9,11-13,27H,10H2,2-4H3,(H,28,34)(H,30,32);1H. The van der Waals surface area contributed by atoms with Gasteiger partial charge in [-0.05, 0) is 24.3 Å².